The van der Waals surface area contributed by atoms with Crippen LogP contribution in [0.2, 0.25) is 0 Å². The molecule has 0 radical (unpaired) electrons. The Labute approximate surface area is 144 Å². The number of hydrogen-bond donors (Lipinski definition) is 0. The molecular weight excluding hydrogens is 371 g/mol. The highest BCUT2D eigenvalue weighted by Gasteiger charge is 2.35. The first-order valence-corrected chi connectivity index (χ1v) is 7.30. The van der Waals surface area contributed by atoms with Crippen molar-refractivity contribution < 1.29 is 0 Å². The van der Waals surface area contributed by atoms with Gasteiger partial charge in [0.25, 0.3) is 0 Å². The molecule has 112 valence electrons. The lowest BCUT2D eigenvalue weighted by Crippen LogP contribution is -2.36. The minimum absolute atomic E-state index is 0. The van der Waals surface area contributed by atoms with E-state index in [1.54, 1.807) is 0 Å². The van der Waals surface area contributed by atoms with Crippen molar-refractivity contribution in [1.29, 1.82) is 0 Å². The number of hydrazine groups is 1. The molecule has 0 amide bonds. The monoisotopic (exact) mass is 394 g/mol. The van der Waals surface area contributed by atoms with Gasteiger partial charge in [0.05, 0.1) is 6.04 Å². The minimum Gasteiger partial charge on any atom is -0.241 e. The van der Waals surface area contributed by atoms with E-state index in [1.807, 2.05) is 0 Å². The first-order chi connectivity index (χ1) is 9.75. The van der Waals surface area contributed by atoms with E-state index in [9.17, 15) is 0 Å². The Morgan fingerprint density at radius 3 is 2.05 bits per heavy atom. The molecule has 21 heavy (non-hydrogen) atoms. The van der Waals surface area contributed by atoms with Gasteiger partial charge in [0.2, 0.25) is 0 Å². The Morgan fingerprint density at radius 2 is 1.43 bits per heavy atom. The van der Waals surface area contributed by atoms with Crippen LogP contribution in [0.15, 0.2) is 60.7 Å². The van der Waals surface area contributed by atoms with Crippen molar-refractivity contribution in [2.24, 2.45) is 0 Å². The Morgan fingerprint density at radius 1 is 0.857 bits per heavy atom. The third-order valence-corrected chi connectivity index (χ3v) is 4.47. The molecule has 2 atom stereocenters. The molecule has 2 aromatic carbocycles. The van der Waals surface area contributed by atoms with Gasteiger partial charge in [0.1, 0.15) is 0 Å². The molecule has 0 bridgehead atoms. The number of likely N-dealkylation sites (N-methyl/N-ethyl adjacent to an activating group) is 1. The Bertz CT molecular complexity index is 544. The average Bonchev–Trinajstić information content (AvgIpc) is 2.78. The normalized spacial score (nSPS) is 23.0. The van der Waals surface area contributed by atoms with Gasteiger partial charge < -0.3 is 0 Å². The van der Waals surface area contributed by atoms with Gasteiger partial charge in [0, 0.05) is 20.1 Å². The lowest BCUT2D eigenvalue weighted by molar-refractivity contribution is 0.0259. The molecule has 0 spiro atoms. The third-order valence-electron chi connectivity index (χ3n) is 4.47. The highest BCUT2D eigenvalue weighted by atomic mass is 127. The zero-order valence-corrected chi connectivity index (χ0v) is 15.0. The first-order valence-electron chi connectivity index (χ1n) is 7.30. The van der Waals surface area contributed by atoms with Crippen molar-refractivity contribution in [2.75, 3.05) is 14.1 Å². The summed E-state index contributed by atoms with van der Waals surface area (Å²) < 4.78 is 0. The molecule has 3 rings (SSSR count). The number of hydrogen-bond acceptors (Lipinski definition) is 2. The van der Waals surface area contributed by atoms with Gasteiger partial charge in [-0.3, -0.25) is 0 Å². The van der Waals surface area contributed by atoms with Crippen molar-refractivity contribution in [3.05, 3.63) is 71.8 Å². The zero-order valence-electron chi connectivity index (χ0n) is 12.6. The number of rotatable bonds is 3. The predicted octanol–water partition coefficient (Wildman–Crippen LogP) is 4.14. The summed E-state index contributed by atoms with van der Waals surface area (Å²) in [6, 6.07) is 22.7. The van der Waals surface area contributed by atoms with E-state index in [0.717, 1.165) is 6.42 Å². The molecule has 1 aliphatic rings. The van der Waals surface area contributed by atoms with Gasteiger partial charge in [-0.15, -0.1) is 24.0 Å². The molecule has 2 unspecified atom stereocenters. The highest BCUT2D eigenvalue weighted by molar-refractivity contribution is 14.0. The predicted molar refractivity (Wildman–Crippen MR) is 98.7 cm³/mol. The second-order valence-electron chi connectivity index (χ2n) is 5.65. The van der Waals surface area contributed by atoms with E-state index in [2.05, 4.69) is 84.8 Å². The van der Waals surface area contributed by atoms with Gasteiger partial charge in [-0.05, 0) is 24.0 Å². The summed E-state index contributed by atoms with van der Waals surface area (Å²) >= 11 is 0. The fourth-order valence-electron chi connectivity index (χ4n) is 3.17. The first kappa shape index (κ1) is 16.5. The Hall–Kier alpha value is -0.910. The molecule has 3 heteroatoms. The largest absolute Gasteiger partial charge is 0.241 e. The van der Waals surface area contributed by atoms with Gasteiger partial charge in [-0.25, -0.2) is 10.0 Å². The van der Waals surface area contributed by atoms with Gasteiger partial charge in [-0.2, -0.15) is 0 Å². The fourth-order valence-corrected chi connectivity index (χ4v) is 3.17. The van der Waals surface area contributed by atoms with Gasteiger partial charge in [0.15, 0.2) is 0 Å². The molecule has 2 aromatic rings. The fraction of sp³-hybridized carbons (Fsp3) is 0.333. The van der Waals surface area contributed by atoms with Crippen LogP contribution in [0.5, 0.6) is 0 Å². The molecule has 1 saturated heterocycles. The average molecular weight is 394 g/mol. The van der Waals surface area contributed by atoms with Crippen LogP contribution >= 0.6 is 24.0 Å². The smallest absolute Gasteiger partial charge is 0.0507 e. The maximum atomic E-state index is 2.39. The van der Waals surface area contributed by atoms with Crippen LogP contribution in [0, 0.1) is 0 Å². The molecule has 0 aromatic heterocycles. The maximum Gasteiger partial charge on any atom is 0.0507 e. The second kappa shape index (κ2) is 7.38. The van der Waals surface area contributed by atoms with E-state index in [-0.39, 0.29) is 24.0 Å². The van der Waals surface area contributed by atoms with Crippen molar-refractivity contribution in [3.63, 3.8) is 0 Å². The number of halogens is 1. The molecular formula is C18H23IN2. The lowest BCUT2D eigenvalue weighted by atomic mass is 9.97. The van der Waals surface area contributed by atoms with E-state index in [0.29, 0.717) is 12.1 Å². The quantitative estimate of drug-likeness (QED) is 0.723. The summed E-state index contributed by atoms with van der Waals surface area (Å²) in [4.78, 5) is 0. The highest BCUT2D eigenvalue weighted by Crippen LogP contribution is 2.35. The van der Waals surface area contributed by atoms with Crippen LogP contribution in [0.3, 0.4) is 0 Å². The molecule has 1 fully saturated rings. The van der Waals surface area contributed by atoms with Crippen LogP contribution in [0.1, 0.15) is 23.6 Å². The second-order valence-corrected chi connectivity index (χ2v) is 5.65. The summed E-state index contributed by atoms with van der Waals surface area (Å²) in [5, 5.41) is 4.77. The molecule has 1 aliphatic heterocycles. The molecule has 0 aliphatic carbocycles. The van der Waals surface area contributed by atoms with Crippen LogP contribution in [0.4, 0.5) is 0 Å². The maximum absolute atomic E-state index is 2.39. The lowest BCUT2D eigenvalue weighted by Gasteiger charge is -2.28. The van der Waals surface area contributed by atoms with Crippen LogP contribution in [-0.4, -0.2) is 30.2 Å². The standard InChI is InChI=1S/C18H22N2.HI/c1-19-17(13-15-9-5-3-6-10-15)14-18(20(19)2)16-11-7-4-8-12-16;/h3-12,17-18H,13-14H2,1-2H3;1H. The molecule has 1 heterocycles. The summed E-state index contributed by atoms with van der Waals surface area (Å²) in [6.45, 7) is 0. The van der Waals surface area contributed by atoms with Crippen LogP contribution < -0.4 is 0 Å². The molecule has 0 N–H and O–H groups in total. The SMILES string of the molecule is CN1C(Cc2ccccc2)CC(c2ccccc2)N1C.I. The summed E-state index contributed by atoms with van der Waals surface area (Å²) in [6.07, 6.45) is 2.30. The van der Waals surface area contributed by atoms with Gasteiger partial charge in [-0.1, -0.05) is 60.7 Å². The van der Waals surface area contributed by atoms with Crippen molar-refractivity contribution in [3.8, 4) is 0 Å². The van der Waals surface area contributed by atoms with Crippen LogP contribution in [-0.2, 0) is 6.42 Å². The summed E-state index contributed by atoms with van der Waals surface area (Å²) in [7, 11) is 4.40. The van der Waals surface area contributed by atoms with Crippen molar-refractivity contribution in [1.82, 2.24) is 10.0 Å². The molecule has 0 saturated carbocycles. The third kappa shape index (κ3) is 3.65. The zero-order chi connectivity index (χ0) is 13.9. The van der Waals surface area contributed by atoms with E-state index >= 15 is 0 Å². The van der Waals surface area contributed by atoms with Crippen molar-refractivity contribution in [2.45, 2.75) is 24.9 Å². The van der Waals surface area contributed by atoms with E-state index < -0.39 is 0 Å². The Kier molecular flexibility index (Phi) is 5.79. The molecule has 2 nitrogen and oxygen atoms in total. The Balaban J connectivity index is 0.00000161. The van der Waals surface area contributed by atoms with E-state index in [1.165, 1.54) is 17.5 Å². The van der Waals surface area contributed by atoms with E-state index in [4.69, 9.17) is 0 Å². The van der Waals surface area contributed by atoms with Crippen LogP contribution in [0.25, 0.3) is 0 Å². The summed E-state index contributed by atoms with van der Waals surface area (Å²) in [5.41, 5.74) is 2.84. The minimum atomic E-state index is 0. The number of benzene rings is 2. The topological polar surface area (TPSA) is 6.48 Å². The van der Waals surface area contributed by atoms with Gasteiger partial charge >= 0.3 is 0 Å². The van der Waals surface area contributed by atoms with Crippen molar-refractivity contribution >= 4 is 24.0 Å². The summed E-state index contributed by atoms with van der Waals surface area (Å²) in [5.74, 6) is 0. The number of nitrogens with zero attached hydrogens (tertiary/aromatic N) is 2.